The molecule has 2 heterocycles. The van der Waals surface area contributed by atoms with Gasteiger partial charge in [0.15, 0.2) is 0 Å². The number of nitrogens with zero attached hydrogens (tertiary/aromatic N) is 3. The van der Waals surface area contributed by atoms with E-state index in [1.807, 2.05) is 6.20 Å². The van der Waals surface area contributed by atoms with Crippen molar-refractivity contribution in [1.29, 1.82) is 0 Å². The summed E-state index contributed by atoms with van der Waals surface area (Å²) in [5, 5.41) is 4.36. The molecule has 0 unspecified atom stereocenters. The first kappa shape index (κ1) is 15.3. The minimum atomic E-state index is 0.302. The van der Waals surface area contributed by atoms with Crippen LogP contribution in [0.25, 0.3) is 0 Å². The molecule has 1 aromatic heterocycles. The van der Waals surface area contributed by atoms with Gasteiger partial charge in [0, 0.05) is 37.9 Å². The van der Waals surface area contributed by atoms with Crippen LogP contribution in [0.1, 0.15) is 31.1 Å². The Bertz CT molecular complexity index is 581. The van der Waals surface area contributed by atoms with Gasteiger partial charge in [-0.15, -0.1) is 0 Å². The van der Waals surface area contributed by atoms with Gasteiger partial charge in [0.25, 0.3) is 0 Å². The van der Waals surface area contributed by atoms with E-state index in [0.29, 0.717) is 12.1 Å². The van der Waals surface area contributed by atoms with Crippen LogP contribution in [-0.4, -0.2) is 40.5 Å². The van der Waals surface area contributed by atoms with Crippen molar-refractivity contribution in [3.63, 3.8) is 0 Å². The molecule has 1 fully saturated rings. The third kappa shape index (κ3) is 3.39. The summed E-state index contributed by atoms with van der Waals surface area (Å²) in [4.78, 5) is 2.55. The van der Waals surface area contributed by atoms with Gasteiger partial charge < -0.3 is 4.74 Å². The fourth-order valence-electron chi connectivity index (χ4n) is 3.22. The second-order valence-electron chi connectivity index (χ2n) is 5.95. The Morgan fingerprint density at radius 3 is 2.82 bits per heavy atom. The maximum Gasteiger partial charge on any atom is 0.0675 e. The van der Waals surface area contributed by atoms with E-state index in [-0.39, 0.29) is 0 Å². The second kappa shape index (κ2) is 7.07. The summed E-state index contributed by atoms with van der Waals surface area (Å²) in [6.45, 7) is 8.03. The van der Waals surface area contributed by atoms with Crippen molar-refractivity contribution < 1.29 is 4.74 Å². The van der Waals surface area contributed by atoms with Crippen LogP contribution in [0, 0.1) is 0 Å². The lowest BCUT2D eigenvalue weighted by Crippen LogP contribution is -2.44. The molecule has 0 amide bonds. The summed E-state index contributed by atoms with van der Waals surface area (Å²) in [6, 6.07) is 13.2. The number of morpholine rings is 1. The Balaban J connectivity index is 1.70. The van der Waals surface area contributed by atoms with Crippen LogP contribution in [-0.2, 0) is 17.7 Å². The average molecular weight is 299 g/mol. The first-order chi connectivity index (χ1) is 10.8. The molecule has 1 aliphatic rings. The van der Waals surface area contributed by atoms with E-state index in [1.54, 1.807) is 0 Å². The van der Waals surface area contributed by atoms with Crippen molar-refractivity contribution >= 4 is 0 Å². The van der Waals surface area contributed by atoms with Crippen molar-refractivity contribution in [3.05, 3.63) is 53.9 Å². The number of hydrogen-bond acceptors (Lipinski definition) is 3. The summed E-state index contributed by atoms with van der Waals surface area (Å²) < 4.78 is 7.98. The molecule has 118 valence electrons. The first-order valence-electron chi connectivity index (χ1n) is 8.19. The highest BCUT2D eigenvalue weighted by molar-refractivity contribution is 5.20. The van der Waals surface area contributed by atoms with Crippen LogP contribution in [0.15, 0.2) is 42.6 Å². The van der Waals surface area contributed by atoms with E-state index >= 15 is 0 Å². The Kier molecular flexibility index (Phi) is 4.90. The molecule has 22 heavy (non-hydrogen) atoms. The van der Waals surface area contributed by atoms with Gasteiger partial charge in [0.1, 0.15) is 0 Å². The summed E-state index contributed by atoms with van der Waals surface area (Å²) in [5.74, 6) is 0. The number of aryl methyl sites for hydroxylation is 1. The molecule has 2 aromatic rings. The molecule has 0 spiro atoms. The van der Waals surface area contributed by atoms with Gasteiger partial charge >= 0.3 is 0 Å². The van der Waals surface area contributed by atoms with E-state index in [0.717, 1.165) is 32.7 Å². The topological polar surface area (TPSA) is 30.3 Å². The van der Waals surface area contributed by atoms with Crippen LogP contribution >= 0.6 is 0 Å². The first-order valence-corrected chi connectivity index (χ1v) is 8.19. The SMILES string of the molecule is CCn1nccc1CCN1C[C@H](C)OC[C@@H]1c1ccccc1. The maximum absolute atomic E-state index is 5.90. The summed E-state index contributed by atoms with van der Waals surface area (Å²) in [5.41, 5.74) is 2.66. The smallest absolute Gasteiger partial charge is 0.0675 e. The van der Waals surface area contributed by atoms with Crippen molar-refractivity contribution in [1.82, 2.24) is 14.7 Å². The van der Waals surface area contributed by atoms with Crippen LogP contribution in [0.4, 0.5) is 0 Å². The van der Waals surface area contributed by atoms with E-state index in [1.165, 1.54) is 11.3 Å². The van der Waals surface area contributed by atoms with Gasteiger partial charge in [-0.25, -0.2) is 0 Å². The number of rotatable bonds is 5. The highest BCUT2D eigenvalue weighted by atomic mass is 16.5. The third-order valence-corrected chi connectivity index (χ3v) is 4.41. The van der Waals surface area contributed by atoms with E-state index in [2.05, 4.69) is 64.9 Å². The summed E-state index contributed by atoms with van der Waals surface area (Å²) in [7, 11) is 0. The molecular weight excluding hydrogens is 274 g/mol. The fraction of sp³-hybridized carbons (Fsp3) is 0.500. The summed E-state index contributed by atoms with van der Waals surface area (Å²) >= 11 is 0. The van der Waals surface area contributed by atoms with Crippen molar-refractivity contribution in [3.8, 4) is 0 Å². The molecule has 3 rings (SSSR count). The van der Waals surface area contributed by atoms with Crippen LogP contribution in [0.3, 0.4) is 0 Å². The molecule has 1 aliphatic heterocycles. The monoisotopic (exact) mass is 299 g/mol. The van der Waals surface area contributed by atoms with Crippen LogP contribution in [0.5, 0.6) is 0 Å². The predicted octanol–water partition coefficient (Wildman–Crippen LogP) is 2.91. The van der Waals surface area contributed by atoms with E-state index in [9.17, 15) is 0 Å². The molecular formula is C18H25N3O. The number of benzene rings is 1. The lowest BCUT2D eigenvalue weighted by molar-refractivity contribution is -0.0559. The number of aromatic nitrogens is 2. The molecule has 4 nitrogen and oxygen atoms in total. The number of ether oxygens (including phenoxy) is 1. The highest BCUT2D eigenvalue weighted by Gasteiger charge is 2.27. The predicted molar refractivity (Wildman–Crippen MR) is 87.8 cm³/mol. The minimum Gasteiger partial charge on any atom is -0.375 e. The maximum atomic E-state index is 5.90. The van der Waals surface area contributed by atoms with Gasteiger partial charge in [-0.1, -0.05) is 30.3 Å². The Morgan fingerprint density at radius 2 is 2.05 bits per heavy atom. The molecule has 0 saturated carbocycles. The van der Waals surface area contributed by atoms with Gasteiger partial charge in [-0.05, 0) is 25.5 Å². The lowest BCUT2D eigenvalue weighted by Gasteiger charge is -2.39. The minimum absolute atomic E-state index is 0.302. The summed E-state index contributed by atoms with van der Waals surface area (Å²) in [6.07, 6.45) is 3.23. The fourth-order valence-corrected chi connectivity index (χ4v) is 3.22. The molecule has 0 radical (unpaired) electrons. The largest absolute Gasteiger partial charge is 0.375 e. The highest BCUT2D eigenvalue weighted by Crippen LogP contribution is 2.26. The van der Waals surface area contributed by atoms with Gasteiger partial charge in [-0.2, -0.15) is 5.10 Å². The lowest BCUT2D eigenvalue weighted by atomic mass is 10.0. The molecule has 0 bridgehead atoms. The Labute approximate surface area is 132 Å². The van der Waals surface area contributed by atoms with Gasteiger partial charge in [-0.3, -0.25) is 9.58 Å². The van der Waals surface area contributed by atoms with Crippen LogP contribution < -0.4 is 0 Å². The average Bonchev–Trinajstić information content (AvgIpc) is 3.01. The molecule has 4 heteroatoms. The zero-order valence-corrected chi connectivity index (χ0v) is 13.5. The third-order valence-electron chi connectivity index (χ3n) is 4.41. The Morgan fingerprint density at radius 1 is 1.23 bits per heavy atom. The molecule has 1 aromatic carbocycles. The van der Waals surface area contributed by atoms with Gasteiger partial charge in [0.05, 0.1) is 18.8 Å². The normalized spacial score (nSPS) is 22.8. The van der Waals surface area contributed by atoms with Crippen LogP contribution in [0.2, 0.25) is 0 Å². The second-order valence-corrected chi connectivity index (χ2v) is 5.95. The Hall–Kier alpha value is -1.65. The van der Waals surface area contributed by atoms with Crippen molar-refractivity contribution in [2.75, 3.05) is 19.7 Å². The van der Waals surface area contributed by atoms with Crippen molar-refractivity contribution in [2.45, 2.75) is 39.0 Å². The molecule has 0 aliphatic carbocycles. The molecule has 0 N–H and O–H groups in total. The quantitative estimate of drug-likeness (QED) is 0.850. The van der Waals surface area contributed by atoms with E-state index in [4.69, 9.17) is 4.74 Å². The zero-order valence-electron chi connectivity index (χ0n) is 13.5. The number of hydrogen-bond donors (Lipinski definition) is 0. The van der Waals surface area contributed by atoms with Crippen molar-refractivity contribution in [2.24, 2.45) is 0 Å². The standard InChI is InChI=1S/C18H25N3O/c1-3-21-17(9-11-19-21)10-12-20-13-15(2)22-14-18(20)16-7-5-4-6-8-16/h4-9,11,15,18H,3,10,12-14H2,1-2H3/t15-,18+/m0/s1. The molecule has 1 saturated heterocycles. The van der Waals surface area contributed by atoms with Gasteiger partial charge in [0.2, 0.25) is 0 Å². The molecule has 2 atom stereocenters. The zero-order chi connectivity index (χ0) is 15.4. The van der Waals surface area contributed by atoms with E-state index < -0.39 is 0 Å².